The minimum atomic E-state index is -1.47. The number of allylic oxidation sites excluding steroid dienone is 1. The minimum absolute atomic E-state index is 0.0837. The fraction of sp³-hybridized carbons (Fsp3) is 0.600. The Balaban J connectivity index is 3.17. The van der Waals surface area contributed by atoms with Gasteiger partial charge in [0, 0.05) is 6.42 Å². The van der Waals surface area contributed by atoms with Crippen LogP contribution in [-0.4, -0.2) is 12.8 Å². The lowest BCUT2D eigenvalue weighted by atomic mass is 10.3. The zero-order valence-corrected chi connectivity index (χ0v) is 4.28. The Labute approximate surface area is 46.0 Å². The summed E-state index contributed by atoms with van der Waals surface area (Å²) in [6.45, 7) is -0.745. The lowest BCUT2D eigenvalue weighted by Crippen LogP contribution is -1.94. The number of hydrogen-bond acceptors (Lipinski definition) is 0. The largest absolute Gasteiger partial charge is 0.251 e. The number of halogens is 3. The highest BCUT2D eigenvalue weighted by Gasteiger charge is 1.98. The van der Waals surface area contributed by atoms with Crippen LogP contribution in [0, 0.1) is 0 Å². The Hall–Kier alpha value is -0.470. The van der Waals surface area contributed by atoms with Gasteiger partial charge in [0.05, 0.1) is 13.0 Å². The molecule has 0 aromatic heterocycles. The highest BCUT2D eigenvalue weighted by molar-refractivity contribution is 4.81. The van der Waals surface area contributed by atoms with Gasteiger partial charge in [0.2, 0.25) is 0 Å². The molecule has 0 aromatic rings. The smallest absolute Gasteiger partial charge is 0.123 e. The summed E-state index contributed by atoms with van der Waals surface area (Å²) in [7, 11) is 0. The standard InChI is InChI=1S/C5H7F3/c6-3-1-5(8)2-4-7/h1,3,5H,2,4H2. The maximum atomic E-state index is 11.8. The van der Waals surface area contributed by atoms with Gasteiger partial charge >= 0.3 is 0 Å². The Morgan fingerprint density at radius 1 is 1.50 bits per heavy atom. The summed E-state index contributed by atoms with van der Waals surface area (Å²) in [6.07, 6.45) is -0.953. The van der Waals surface area contributed by atoms with E-state index >= 15 is 0 Å². The maximum absolute atomic E-state index is 11.8. The van der Waals surface area contributed by atoms with Gasteiger partial charge < -0.3 is 0 Å². The van der Waals surface area contributed by atoms with Crippen LogP contribution in [0.5, 0.6) is 0 Å². The first-order valence-electron chi connectivity index (χ1n) is 2.28. The van der Waals surface area contributed by atoms with E-state index in [4.69, 9.17) is 0 Å². The average Bonchev–Trinajstić information content (AvgIpc) is 1.68. The molecule has 0 bridgehead atoms. The van der Waals surface area contributed by atoms with E-state index in [0.717, 1.165) is 0 Å². The zero-order valence-electron chi connectivity index (χ0n) is 4.28. The van der Waals surface area contributed by atoms with Crippen LogP contribution < -0.4 is 0 Å². The van der Waals surface area contributed by atoms with Crippen LogP contribution in [0.25, 0.3) is 0 Å². The van der Waals surface area contributed by atoms with Crippen molar-refractivity contribution in [2.24, 2.45) is 0 Å². The van der Waals surface area contributed by atoms with Gasteiger partial charge in [-0.3, -0.25) is 4.39 Å². The molecule has 0 spiro atoms. The first-order chi connectivity index (χ1) is 3.81. The predicted molar refractivity (Wildman–Crippen MR) is 25.7 cm³/mol. The second-order valence-corrected chi connectivity index (χ2v) is 1.31. The van der Waals surface area contributed by atoms with Crippen LogP contribution in [0.2, 0.25) is 0 Å². The summed E-state index contributed by atoms with van der Waals surface area (Å²) in [6, 6.07) is 0. The van der Waals surface area contributed by atoms with Crippen molar-refractivity contribution in [3.8, 4) is 0 Å². The fourth-order valence-electron chi connectivity index (χ4n) is 0.279. The molecule has 0 aliphatic rings. The van der Waals surface area contributed by atoms with Crippen molar-refractivity contribution in [3.05, 3.63) is 12.4 Å². The lowest BCUT2D eigenvalue weighted by molar-refractivity contribution is 0.331. The van der Waals surface area contributed by atoms with Crippen molar-refractivity contribution in [3.63, 3.8) is 0 Å². The molecule has 48 valence electrons. The van der Waals surface area contributed by atoms with Crippen LogP contribution in [0.15, 0.2) is 12.4 Å². The van der Waals surface area contributed by atoms with Crippen molar-refractivity contribution in [2.75, 3.05) is 6.67 Å². The molecule has 0 N–H and O–H groups in total. The zero-order chi connectivity index (χ0) is 6.41. The number of alkyl halides is 2. The molecule has 3 heteroatoms. The molecule has 1 unspecified atom stereocenters. The van der Waals surface area contributed by atoms with Gasteiger partial charge in [0.15, 0.2) is 0 Å². The van der Waals surface area contributed by atoms with Gasteiger partial charge in [0.1, 0.15) is 6.17 Å². The number of rotatable bonds is 3. The highest BCUT2D eigenvalue weighted by Crippen LogP contribution is 1.99. The van der Waals surface area contributed by atoms with Crippen LogP contribution in [0.1, 0.15) is 6.42 Å². The molecule has 0 heterocycles. The van der Waals surface area contributed by atoms with E-state index in [1.54, 1.807) is 0 Å². The highest BCUT2D eigenvalue weighted by atomic mass is 19.1. The van der Waals surface area contributed by atoms with Crippen molar-refractivity contribution in [1.82, 2.24) is 0 Å². The second kappa shape index (κ2) is 4.68. The molecule has 0 saturated heterocycles. The normalized spacial score (nSPS) is 14.9. The first-order valence-corrected chi connectivity index (χ1v) is 2.28. The van der Waals surface area contributed by atoms with Crippen molar-refractivity contribution < 1.29 is 13.2 Å². The molecule has 0 aromatic carbocycles. The van der Waals surface area contributed by atoms with Crippen LogP contribution >= 0.6 is 0 Å². The van der Waals surface area contributed by atoms with Gasteiger partial charge in [-0.15, -0.1) is 0 Å². The quantitative estimate of drug-likeness (QED) is 0.540. The molecule has 1 atom stereocenters. The van der Waals surface area contributed by atoms with Gasteiger partial charge in [-0.2, -0.15) is 0 Å². The first kappa shape index (κ1) is 7.53. The molecule has 8 heavy (non-hydrogen) atoms. The molecule has 0 rings (SSSR count). The lowest BCUT2D eigenvalue weighted by Gasteiger charge is -1.92. The van der Waals surface area contributed by atoms with Crippen LogP contribution in [-0.2, 0) is 0 Å². The number of hydrogen-bond donors (Lipinski definition) is 0. The third-order valence-corrected chi connectivity index (χ3v) is 0.666. The average molecular weight is 124 g/mol. The summed E-state index contributed by atoms with van der Waals surface area (Å²) in [4.78, 5) is 0. The van der Waals surface area contributed by atoms with E-state index in [9.17, 15) is 13.2 Å². The van der Waals surface area contributed by atoms with Crippen LogP contribution in [0.4, 0.5) is 13.2 Å². The molecular weight excluding hydrogens is 117 g/mol. The van der Waals surface area contributed by atoms with E-state index < -0.39 is 12.8 Å². The topological polar surface area (TPSA) is 0 Å². The van der Waals surface area contributed by atoms with Gasteiger partial charge in [-0.25, -0.2) is 8.78 Å². The Bertz CT molecular complexity index is 70.1. The van der Waals surface area contributed by atoms with E-state index in [1.165, 1.54) is 0 Å². The maximum Gasteiger partial charge on any atom is 0.123 e. The van der Waals surface area contributed by atoms with E-state index in [0.29, 0.717) is 6.08 Å². The van der Waals surface area contributed by atoms with Crippen molar-refractivity contribution in [1.29, 1.82) is 0 Å². The van der Waals surface area contributed by atoms with Gasteiger partial charge in [0.25, 0.3) is 0 Å². The summed E-state index contributed by atoms with van der Waals surface area (Å²) >= 11 is 0. The molecule has 0 amide bonds. The third kappa shape index (κ3) is 3.71. The molecular formula is C5H7F3. The monoisotopic (exact) mass is 124 g/mol. The molecule has 0 aliphatic heterocycles. The predicted octanol–water partition coefficient (Wildman–Crippen LogP) is 2.17. The van der Waals surface area contributed by atoms with Gasteiger partial charge in [-0.1, -0.05) is 0 Å². The summed E-state index contributed by atoms with van der Waals surface area (Å²) < 4.78 is 34.0. The SMILES string of the molecule is FC=CC(F)CCF. The minimum Gasteiger partial charge on any atom is -0.251 e. The van der Waals surface area contributed by atoms with Crippen LogP contribution in [0.3, 0.4) is 0 Å². The summed E-state index contributed by atoms with van der Waals surface area (Å²) in [5, 5.41) is 0. The Kier molecular flexibility index (Phi) is 4.41. The second-order valence-electron chi connectivity index (χ2n) is 1.31. The van der Waals surface area contributed by atoms with E-state index in [2.05, 4.69) is 0 Å². The van der Waals surface area contributed by atoms with E-state index in [-0.39, 0.29) is 12.8 Å². The molecule has 0 nitrogen and oxygen atoms in total. The summed E-state index contributed by atoms with van der Waals surface area (Å²) in [5.74, 6) is 0. The van der Waals surface area contributed by atoms with Gasteiger partial charge in [-0.05, 0) is 6.08 Å². The Morgan fingerprint density at radius 2 is 2.12 bits per heavy atom. The van der Waals surface area contributed by atoms with Crippen molar-refractivity contribution in [2.45, 2.75) is 12.6 Å². The van der Waals surface area contributed by atoms with Crippen molar-refractivity contribution >= 4 is 0 Å². The molecule has 0 radical (unpaired) electrons. The fourth-order valence-corrected chi connectivity index (χ4v) is 0.279. The van der Waals surface area contributed by atoms with E-state index in [1.807, 2.05) is 0 Å². The summed E-state index contributed by atoms with van der Waals surface area (Å²) in [5.41, 5.74) is 0. The third-order valence-electron chi connectivity index (χ3n) is 0.666. The molecule has 0 saturated carbocycles. The molecule has 0 fully saturated rings. The molecule has 0 aliphatic carbocycles. The Morgan fingerprint density at radius 3 is 2.50 bits per heavy atom.